The van der Waals surface area contributed by atoms with E-state index in [9.17, 15) is 34.2 Å². The summed E-state index contributed by atoms with van der Waals surface area (Å²) >= 11 is 0. The zero-order valence-electron chi connectivity index (χ0n) is 21.0. The molecule has 0 aliphatic heterocycles. The van der Waals surface area contributed by atoms with E-state index in [1.807, 2.05) is 19.0 Å². The number of aliphatic hydroxyl groups is 1. The van der Waals surface area contributed by atoms with Crippen LogP contribution in [0.15, 0.2) is 12.1 Å². The van der Waals surface area contributed by atoms with Crippen LogP contribution in [-0.2, 0) is 25.6 Å². The van der Waals surface area contributed by atoms with Crippen LogP contribution >= 0.6 is 0 Å². The molecule has 3 aliphatic carbocycles. The number of Topliss-reactive ketones (excluding diaryl/α,β-unsaturated/α-hetero) is 5. The summed E-state index contributed by atoms with van der Waals surface area (Å²) in [6.07, 6.45) is 0.256. The maximum Gasteiger partial charge on any atom is 0.190 e. The molecule has 9 heteroatoms. The monoisotopic (exact) mass is 494 g/mol. The Bertz CT molecular complexity index is 1250. The van der Waals surface area contributed by atoms with Gasteiger partial charge >= 0.3 is 0 Å². The first-order valence-corrected chi connectivity index (χ1v) is 11.9. The quantitative estimate of drug-likeness (QED) is 0.436. The summed E-state index contributed by atoms with van der Waals surface area (Å²) in [5.41, 5.74) is -1.61. The smallest absolute Gasteiger partial charge is 0.190 e. The first-order chi connectivity index (χ1) is 16.8. The fourth-order valence-electron chi connectivity index (χ4n) is 6.13. The second-order valence-electron chi connectivity index (χ2n) is 10.5. The van der Waals surface area contributed by atoms with Crippen molar-refractivity contribution in [3.05, 3.63) is 28.8 Å². The molecule has 0 heterocycles. The highest BCUT2D eigenvalue weighted by molar-refractivity contribution is 6.32. The Morgan fingerprint density at radius 1 is 1.11 bits per heavy atom. The van der Waals surface area contributed by atoms with E-state index in [0.717, 1.165) is 6.92 Å². The van der Waals surface area contributed by atoms with Crippen LogP contribution in [0.5, 0.6) is 5.75 Å². The Morgan fingerprint density at radius 3 is 2.36 bits per heavy atom. The number of benzene rings is 1. The fourth-order valence-corrected chi connectivity index (χ4v) is 6.13. The number of nitrogens with zero attached hydrogens (tertiary/aromatic N) is 2. The third-order valence-corrected chi connectivity index (χ3v) is 7.69. The van der Waals surface area contributed by atoms with Crippen molar-refractivity contribution in [3.63, 3.8) is 0 Å². The van der Waals surface area contributed by atoms with Crippen molar-refractivity contribution < 1.29 is 34.2 Å². The molecule has 0 radical (unpaired) electrons. The molecule has 190 valence electrons. The maximum absolute atomic E-state index is 13.8. The highest BCUT2D eigenvalue weighted by Crippen LogP contribution is 2.51. The summed E-state index contributed by atoms with van der Waals surface area (Å²) in [4.78, 5) is 69.6. The highest BCUT2D eigenvalue weighted by Gasteiger charge is 2.69. The van der Waals surface area contributed by atoms with E-state index < -0.39 is 64.2 Å². The average Bonchev–Trinajstić information content (AvgIpc) is 2.77. The molecular weight excluding hydrogens is 464 g/mol. The van der Waals surface area contributed by atoms with Crippen molar-refractivity contribution in [1.82, 2.24) is 9.80 Å². The largest absolute Gasteiger partial charge is 0.507 e. The number of hydrogen-bond donors (Lipinski definition) is 2. The SMILES string of the molecule is CC(=O)C1C(=O)[C@@H](N(C)C)[C@@H]2C[C@@H]3Cc4c(C#CCN(C)C)ccc(O)c4C(=O)C3C(=O)[C@]2(O)C1=O. The van der Waals surface area contributed by atoms with E-state index >= 15 is 0 Å². The Morgan fingerprint density at radius 2 is 1.78 bits per heavy atom. The van der Waals surface area contributed by atoms with Gasteiger partial charge in [0.15, 0.2) is 28.7 Å². The summed E-state index contributed by atoms with van der Waals surface area (Å²) in [6, 6.07) is 1.92. The van der Waals surface area contributed by atoms with E-state index in [4.69, 9.17) is 0 Å². The lowest BCUT2D eigenvalue weighted by atomic mass is 9.52. The molecule has 36 heavy (non-hydrogen) atoms. The van der Waals surface area contributed by atoms with E-state index in [1.165, 1.54) is 11.0 Å². The van der Waals surface area contributed by atoms with Gasteiger partial charge in [0.2, 0.25) is 0 Å². The second-order valence-corrected chi connectivity index (χ2v) is 10.5. The van der Waals surface area contributed by atoms with E-state index in [-0.39, 0.29) is 24.2 Å². The van der Waals surface area contributed by atoms with Gasteiger partial charge < -0.3 is 10.2 Å². The molecule has 0 bridgehead atoms. The molecule has 2 fully saturated rings. The van der Waals surface area contributed by atoms with Crippen LogP contribution < -0.4 is 0 Å². The zero-order valence-corrected chi connectivity index (χ0v) is 21.0. The van der Waals surface area contributed by atoms with Crippen LogP contribution in [0.1, 0.15) is 34.8 Å². The van der Waals surface area contributed by atoms with Crippen molar-refractivity contribution >= 4 is 28.9 Å². The molecule has 0 spiro atoms. The number of ketones is 5. The summed E-state index contributed by atoms with van der Waals surface area (Å²) < 4.78 is 0. The van der Waals surface area contributed by atoms with Crippen LogP contribution in [0, 0.1) is 35.5 Å². The van der Waals surface area contributed by atoms with Gasteiger partial charge in [-0.25, -0.2) is 0 Å². The van der Waals surface area contributed by atoms with Crippen LogP contribution in [0.2, 0.25) is 0 Å². The van der Waals surface area contributed by atoms with Gasteiger partial charge in [-0.3, -0.25) is 33.8 Å². The Labute approximate surface area is 209 Å². The molecule has 0 saturated heterocycles. The van der Waals surface area contributed by atoms with Gasteiger partial charge in [0.1, 0.15) is 17.5 Å². The Hall–Kier alpha value is -3.19. The molecule has 0 amide bonds. The molecule has 6 atom stereocenters. The number of carbonyl (C=O) groups is 5. The van der Waals surface area contributed by atoms with Crippen molar-refractivity contribution in [3.8, 4) is 17.6 Å². The molecule has 1 aromatic carbocycles. The highest BCUT2D eigenvalue weighted by atomic mass is 16.3. The van der Waals surface area contributed by atoms with Crippen molar-refractivity contribution in [1.29, 1.82) is 0 Å². The number of carbonyl (C=O) groups excluding carboxylic acids is 5. The maximum atomic E-state index is 13.8. The van der Waals surface area contributed by atoms with Gasteiger partial charge in [-0.15, -0.1) is 0 Å². The minimum atomic E-state index is -2.65. The number of hydrogen-bond acceptors (Lipinski definition) is 9. The molecule has 1 aromatic rings. The lowest BCUT2D eigenvalue weighted by Gasteiger charge is -2.52. The predicted molar refractivity (Wildman–Crippen MR) is 128 cm³/mol. The number of fused-ring (bicyclic) bond motifs is 3. The van der Waals surface area contributed by atoms with E-state index in [0.29, 0.717) is 17.7 Å². The summed E-state index contributed by atoms with van der Waals surface area (Å²) in [7, 11) is 6.91. The third-order valence-electron chi connectivity index (χ3n) is 7.69. The number of likely N-dealkylation sites (N-methyl/N-ethyl adjacent to an activating group) is 1. The lowest BCUT2D eigenvalue weighted by Crippen LogP contribution is -2.73. The van der Waals surface area contributed by atoms with Crippen LogP contribution in [0.4, 0.5) is 0 Å². The van der Waals surface area contributed by atoms with Gasteiger partial charge in [-0.05, 0) is 71.6 Å². The van der Waals surface area contributed by atoms with Gasteiger partial charge in [0.05, 0.1) is 24.1 Å². The zero-order chi connectivity index (χ0) is 26.7. The summed E-state index contributed by atoms with van der Waals surface area (Å²) in [6.45, 7) is 1.56. The number of phenols is 1. The van der Waals surface area contributed by atoms with Gasteiger partial charge in [-0.2, -0.15) is 0 Å². The Kier molecular flexibility index (Phi) is 6.50. The molecule has 2 saturated carbocycles. The number of phenolic OH excluding ortho intramolecular Hbond substituents is 1. The standard InChI is InChI=1S/C27H30N2O7/c1-13(30)19-24(33)22(29(4)5)17-12-15-11-16-14(7-6-10-28(2)3)8-9-18(31)21(16)23(32)20(15)26(35)27(17,36)25(19)34/h8-9,15,17,19-20,22,31,36H,10-12H2,1-5H3/t15-,17-,19?,20?,22-,27+/m0/s1. The molecular formula is C27H30N2O7. The van der Waals surface area contributed by atoms with Gasteiger partial charge in [0, 0.05) is 11.5 Å². The fraction of sp³-hybridized carbons (Fsp3) is 0.519. The van der Waals surface area contributed by atoms with Crippen LogP contribution in [-0.4, -0.2) is 95.3 Å². The van der Waals surface area contributed by atoms with Gasteiger partial charge in [0.25, 0.3) is 0 Å². The molecule has 2 N–H and O–H groups in total. The molecule has 4 rings (SSSR count). The van der Waals surface area contributed by atoms with Crippen LogP contribution in [0.25, 0.3) is 0 Å². The Balaban J connectivity index is 1.84. The lowest BCUT2D eigenvalue weighted by molar-refractivity contribution is -0.181. The molecule has 0 aromatic heterocycles. The number of rotatable bonds is 3. The van der Waals surface area contributed by atoms with Crippen LogP contribution in [0.3, 0.4) is 0 Å². The minimum absolute atomic E-state index is 0.0325. The second kappa shape index (κ2) is 9.04. The minimum Gasteiger partial charge on any atom is -0.507 e. The first kappa shape index (κ1) is 25.9. The first-order valence-electron chi connectivity index (χ1n) is 11.9. The topological polar surface area (TPSA) is 132 Å². The van der Waals surface area contributed by atoms with E-state index in [2.05, 4.69) is 11.8 Å². The summed E-state index contributed by atoms with van der Waals surface area (Å²) in [5, 5.41) is 22.1. The third kappa shape index (κ3) is 3.72. The normalized spacial score (nSPS) is 31.5. The summed E-state index contributed by atoms with van der Waals surface area (Å²) in [5.74, 6) is -3.33. The van der Waals surface area contributed by atoms with Crippen molar-refractivity contribution in [2.75, 3.05) is 34.7 Å². The molecule has 3 aliphatic rings. The van der Waals surface area contributed by atoms with Gasteiger partial charge in [-0.1, -0.05) is 11.8 Å². The van der Waals surface area contributed by atoms with Crippen molar-refractivity contribution in [2.24, 2.45) is 23.7 Å². The average molecular weight is 495 g/mol. The predicted octanol–water partition coefficient (Wildman–Crippen LogP) is -0.116. The van der Waals surface area contributed by atoms with E-state index in [1.54, 1.807) is 20.2 Å². The van der Waals surface area contributed by atoms with Crippen molar-refractivity contribution in [2.45, 2.75) is 31.4 Å². The number of aromatic hydroxyl groups is 1. The molecule has 2 unspecified atom stereocenters. The molecule has 9 nitrogen and oxygen atoms in total.